The van der Waals surface area contributed by atoms with Crippen molar-refractivity contribution < 1.29 is 9.90 Å². The average molecular weight is 329 g/mol. The van der Waals surface area contributed by atoms with Crippen molar-refractivity contribution in [1.82, 2.24) is 19.7 Å². The molecule has 1 aliphatic rings. The fraction of sp³-hybridized carbons (Fsp3) is 0.471. The summed E-state index contributed by atoms with van der Waals surface area (Å²) >= 11 is 0. The molecule has 3 rings (SSSR count). The topological polar surface area (TPSA) is 97.3 Å². The molecule has 0 saturated heterocycles. The molecule has 0 saturated carbocycles. The van der Waals surface area contributed by atoms with Crippen molar-refractivity contribution in [2.75, 3.05) is 6.54 Å². The van der Waals surface area contributed by atoms with Crippen LogP contribution in [-0.4, -0.2) is 49.4 Å². The van der Waals surface area contributed by atoms with E-state index in [1.165, 1.54) is 12.5 Å². The standard InChI is InChI=1S/C17H23N5O2/c1-11(23)16(18)17(24)21-9-14(8-13-6-4-3-5-7-13)22-12(2)19-20-15(22)10-21/h3-7,11,14,16,23H,8-10,18H2,1-2H3/t11-,14-,16+/m1/s1. The Morgan fingerprint density at radius 3 is 2.75 bits per heavy atom. The molecule has 128 valence electrons. The van der Waals surface area contributed by atoms with Crippen molar-refractivity contribution in [3.8, 4) is 0 Å². The third kappa shape index (κ3) is 3.18. The van der Waals surface area contributed by atoms with Crippen molar-refractivity contribution >= 4 is 5.91 Å². The lowest BCUT2D eigenvalue weighted by Crippen LogP contribution is -2.52. The summed E-state index contributed by atoms with van der Waals surface area (Å²) in [4.78, 5) is 14.2. The molecule has 0 fully saturated rings. The molecular weight excluding hydrogens is 306 g/mol. The van der Waals surface area contributed by atoms with Gasteiger partial charge in [0.2, 0.25) is 5.91 Å². The Bertz CT molecular complexity index is 713. The molecule has 1 amide bonds. The molecule has 3 atom stereocenters. The Balaban J connectivity index is 1.87. The number of aryl methyl sites for hydroxylation is 1. The lowest BCUT2D eigenvalue weighted by atomic mass is 10.0. The van der Waals surface area contributed by atoms with Crippen LogP contribution in [0, 0.1) is 6.92 Å². The highest BCUT2D eigenvalue weighted by atomic mass is 16.3. The van der Waals surface area contributed by atoms with Crippen LogP contribution in [0.3, 0.4) is 0 Å². The van der Waals surface area contributed by atoms with Crippen molar-refractivity contribution in [2.45, 2.75) is 45.0 Å². The number of aliphatic hydroxyl groups is 1. The normalized spacial score (nSPS) is 19.7. The highest BCUT2D eigenvalue weighted by molar-refractivity contribution is 5.82. The number of aliphatic hydroxyl groups excluding tert-OH is 1. The summed E-state index contributed by atoms with van der Waals surface area (Å²) < 4.78 is 2.10. The first kappa shape index (κ1) is 16.6. The van der Waals surface area contributed by atoms with Crippen LogP contribution in [0.25, 0.3) is 0 Å². The Labute approximate surface area is 141 Å². The third-order valence-corrected chi connectivity index (χ3v) is 4.50. The number of hydrogen-bond donors (Lipinski definition) is 2. The summed E-state index contributed by atoms with van der Waals surface area (Å²) in [5.74, 6) is 1.35. The molecular formula is C17H23N5O2. The zero-order valence-electron chi connectivity index (χ0n) is 14.0. The minimum absolute atomic E-state index is 0.0521. The Morgan fingerprint density at radius 1 is 1.38 bits per heavy atom. The summed E-state index contributed by atoms with van der Waals surface area (Å²) in [7, 11) is 0. The van der Waals surface area contributed by atoms with Crippen molar-refractivity contribution in [2.24, 2.45) is 5.73 Å². The second kappa shape index (κ2) is 6.70. The van der Waals surface area contributed by atoms with Gasteiger partial charge in [0.1, 0.15) is 11.9 Å². The first-order valence-corrected chi connectivity index (χ1v) is 8.14. The Hall–Kier alpha value is -2.25. The maximum Gasteiger partial charge on any atom is 0.242 e. The number of nitrogens with two attached hydrogens (primary N) is 1. The molecule has 1 aromatic carbocycles. The fourth-order valence-electron chi connectivity index (χ4n) is 3.19. The number of nitrogens with zero attached hydrogens (tertiary/aromatic N) is 4. The van der Waals surface area contributed by atoms with Crippen molar-refractivity contribution in [1.29, 1.82) is 0 Å². The van der Waals surface area contributed by atoms with Gasteiger partial charge in [-0.15, -0.1) is 10.2 Å². The van der Waals surface area contributed by atoms with Gasteiger partial charge in [0.05, 0.1) is 18.7 Å². The lowest BCUT2D eigenvalue weighted by Gasteiger charge is -2.36. The van der Waals surface area contributed by atoms with Gasteiger partial charge in [0, 0.05) is 6.54 Å². The van der Waals surface area contributed by atoms with E-state index >= 15 is 0 Å². The van der Waals surface area contributed by atoms with Gasteiger partial charge in [-0.3, -0.25) is 4.79 Å². The number of carbonyl (C=O) groups excluding carboxylic acids is 1. The highest BCUT2D eigenvalue weighted by Crippen LogP contribution is 2.25. The smallest absolute Gasteiger partial charge is 0.242 e. The predicted molar refractivity (Wildman–Crippen MR) is 89.0 cm³/mol. The molecule has 0 aliphatic carbocycles. The summed E-state index contributed by atoms with van der Waals surface area (Å²) in [5.41, 5.74) is 7.02. The van der Waals surface area contributed by atoms with Gasteiger partial charge in [0.25, 0.3) is 0 Å². The highest BCUT2D eigenvalue weighted by Gasteiger charge is 2.33. The monoisotopic (exact) mass is 329 g/mol. The molecule has 2 heterocycles. The van der Waals surface area contributed by atoms with Crippen LogP contribution in [0.4, 0.5) is 0 Å². The summed E-state index contributed by atoms with van der Waals surface area (Å²) in [6.07, 6.45) is -0.105. The number of rotatable bonds is 4. The zero-order valence-corrected chi connectivity index (χ0v) is 14.0. The van der Waals surface area contributed by atoms with Gasteiger partial charge < -0.3 is 20.3 Å². The molecule has 1 aromatic heterocycles. The van der Waals surface area contributed by atoms with E-state index in [4.69, 9.17) is 5.73 Å². The van der Waals surface area contributed by atoms with Crippen LogP contribution < -0.4 is 5.73 Å². The molecule has 2 aromatic rings. The first-order valence-electron chi connectivity index (χ1n) is 8.14. The quantitative estimate of drug-likeness (QED) is 0.847. The molecule has 24 heavy (non-hydrogen) atoms. The van der Waals surface area contributed by atoms with E-state index < -0.39 is 12.1 Å². The number of benzene rings is 1. The second-order valence-corrected chi connectivity index (χ2v) is 6.36. The van der Waals surface area contributed by atoms with Crippen LogP contribution in [0.5, 0.6) is 0 Å². The molecule has 0 bridgehead atoms. The number of aromatic nitrogens is 3. The van der Waals surface area contributed by atoms with Gasteiger partial charge in [-0.05, 0) is 25.8 Å². The van der Waals surface area contributed by atoms with E-state index in [2.05, 4.69) is 26.9 Å². The average Bonchev–Trinajstić information content (AvgIpc) is 2.95. The molecule has 7 nitrogen and oxygen atoms in total. The molecule has 0 radical (unpaired) electrons. The van der Waals surface area contributed by atoms with Crippen LogP contribution in [0.15, 0.2) is 30.3 Å². The van der Waals surface area contributed by atoms with Crippen molar-refractivity contribution in [3.05, 3.63) is 47.5 Å². The Kier molecular flexibility index (Phi) is 4.64. The second-order valence-electron chi connectivity index (χ2n) is 6.36. The molecule has 0 unspecified atom stereocenters. The van der Waals surface area contributed by atoms with E-state index in [0.717, 1.165) is 18.1 Å². The van der Waals surface area contributed by atoms with Crippen LogP contribution in [0.2, 0.25) is 0 Å². The minimum atomic E-state index is -0.919. The number of hydrogen-bond acceptors (Lipinski definition) is 5. The lowest BCUT2D eigenvalue weighted by molar-refractivity contribution is -0.137. The third-order valence-electron chi connectivity index (χ3n) is 4.50. The minimum Gasteiger partial charge on any atom is -0.391 e. The number of amides is 1. The maximum absolute atomic E-state index is 12.5. The van der Waals surface area contributed by atoms with E-state index in [1.807, 2.05) is 25.1 Å². The summed E-state index contributed by atoms with van der Waals surface area (Å²) in [5, 5.41) is 18.0. The van der Waals surface area contributed by atoms with E-state index in [0.29, 0.717) is 13.1 Å². The summed E-state index contributed by atoms with van der Waals surface area (Å²) in [6.45, 7) is 4.35. The van der Waals surface area contributed by atoms with E-state index in [1.54, 1.807) is 4.90 Å². The van der Waals surface area contributed by atoms with Gasteiger partial charge in [-0.25, -0.2) is 0 Å². The maximum atomic E-state index is 12.5. The van der Waals surface area contributed by atoms with Gasteiger partial charge in [0.15, 0.2) is 5.82 Å². The molecule has 0 spiro atoms. The van der Waals surface area contributed by atoms with Crippen LogP contribution in [-0.2, 0) is 17.8 Å². The number of carbonyl (C=O) groups is 1. The molecule has 1 aliphatic heterocycles. The predicted octanol–water partition coefficient (Wildman–Crippen LogP) is 0.421. The largest absolute Gasteiger partial charge is 0.391 e. The van der Waals surface area contributed by atoms with Crippen LogP contribution in [0.1, 0.15) is 30.2 Å². The van der Waals surface area contributed by atoms with Gasteiger partial charge >= 0.3 is 0 Å². The SMILES string of the molecule is Cc1nnc2n1[C@H](Cc1ccccc1)CN(C(=O)[C@@H](N)[C@@H](C)O)C2. The van der Waals surface area contributed by atoms with Gasteiger partial charge in [-0.2, -0.15) is 0 Å². The fourth-order valence-corrected chi connectivity index (χ4v) is 3.19. The van der Waals surface area contributed by atoms with Crippen LogP contribution >= 0.6 is 0 Å². The first-order chi connectivity index (χ1) is 11.5. The molecule has 3 N–H and O–H groups in total. The zero-order chi connectivity index (χ0) is 17.3. The molecule has 7 heteroatoms. The van der Waals surface area contributed by atoms with Gasteiger partial charge in [-0.1, -0.05) is 30.3 Å². The van der Waals surface area contributed by atoms with E-state index in [9.17, 15) is 9.90 Å². The van der Waals surface area contributed by atoms with Crippen molar-refractivity contribution in [3.63, 3.8) is 0 Å². The van der Waals surface area contributed by atoms with E-state index in [-0.39, 0.29) is 11.9 Å². The number of fused-ring (bicyclic) bond motifs is 1. The Morgan fingerprint density at radius 2 is 2.08 bits per heavy atom. The summed E-state index contributed by atoms with van der Waals surface area (Å²) in [6, 6.07) is 9.27.